The van der Waals surface area contributed by atoms with Crippen molar-refractivity contribution < 1.29 is 9.21 Å². The molecule has 0 aliphatic rings. The molecule has 0 atom stereocenters. The molecule has 0 radical (unpaired) electrons. The molecule has 5 nitrogen and oxygen atoms in total. The first-order valence-electron chi connectivity index (χ1n) is 6.24. The van der Waals surface area contributed by atoms with Gasteiger partial charge in [0.2, 0.25) is 0 Å². The minimum absolute atomic E-state index is 0.191. The summed E-state index contributed by atoms with van der Waals surface area (Å²) in [5, 5.41) is 0. The molecule has 2 aromatic rings. The molecule has 2 rings (SSSR count). The van der Waals surface area contributed by atoms with E-state index in [1.807, 2.05) is 25.2 Å². The average Bonchev–Trinajstić information content (AvgIpc) is 2.62. The van der Waals surface area contributed by atoms with Crippen LogP contribution in [0, 0.1) is 0 Å². The Balaban J connectivity index is 2.13. The normalized spacial score (nSPS) is 11.4. The van der Waals surface area contributed by atoms with Gasteiger partial charge in [-0.3, -0.25) is 9.36 Å². The molecular weight excluding hydrogens is 244 g/mol. The first-order valence-corrected chi connectivity index (χ1v) is 6.24. The Hall–Kier alpha value is -1.88. The van der Waals surface area contributed by atoms with Crippen LogP contribution in [0.2, 0.25) is 0 Å². The SMILES string of the molecule is CC(=O)CCN(C)Cc1ccc2c(c1)oc(=O)n2C. The quantitative estimate of drug-likeness (QED) is 0.820. The third-order valence-electron chi connectivity index (χ3n) is 3.15. The third-order valence-corrected chi connectivity index (χ3v) is 3.15. The zero-order valence-electron chi connectivity index (χ0n) is 11.5. The van der Waals surface area contributed by atoms with Gasteiger partial charge in [0, 0.05) is 26.6 Å². The van der Waals surface area contributed by atoms with Crippen molar-refractivity contribution in [1.29, 1.82) is 0 Å². The lowest BCUT2D eigenvalue weighted by Gasteiger charge is -2.15. The lowest BCUT2D eigenvalue weighted by atomic mass is 10.2. The fourth-order valence-electron chi connectivity index (χ4n) is 2.02. The van der Waals surface area contributed by atoms with Gasteiger partial charge in [-0.25, -0.2) is 4.79 Å². The Labute approximate surface area is 111 Å². The maximum atomic E-state index is 11.4. The molecule has 0 fully saturated rings. The predicted molar refractivity (Wildman–Crippen MR) is 73.1 cm³/mol. The Morgan fingerprint density at radius 1 is 1.42 bits per heavy atom. The van der Waals surface area contributed by atoms with Crippen molar-refractivity contribution in [3.8, 4) is 0 Å². The number of rotatable bonds is 5. The Kier molecular flexibility index (Phi) is 3.85. The zero-order chi connectivity index (χ0) is 14.0. The third kappa shape index (κ3) is 3.12. The Bertz CT molecular complexity index is 654. The van der Waals surface area contributed by atoms with Gasteiger partial charge in [-0.05, 0) is 31.7 Å². The van der Waals surface area contributed by atoms with Gasteiger partial charge in [0.1, 0.15) is 5.78 Å². The second-order valence-electron chi connectivity index (χ2n) is 4.92. The van der Waals surface area contributed by atoms with Crippen LogP contribution in [0.15, 0.2) is 27.4 Å². The van der Waals surface area contributed by atoms with Crippen LogP contribution in [-0.2, 0) is 18.4 Å². The molecule has 0 bridgehead atoms. The number of aryl methyl sites for hydroxylation is 1. The van der Waals surface area contributed by atoms with E-state index in [-0.39, 0.29) is 11.5 Å². The maximum Gasteiger partial charge on any atom is 0.419 e. The molecular formula is C14H18N2O3. The van der Waals surface area contributed by atoms with Crippen molar-refractivity contribution in [2.75, 3.05) is 13.6 Å². The summed E-state index contributed by atoms with van der Waals surface area (Å²) in [6.07, 6.45) is 0.555. The molecule has 0 saturated carbocycles. The number of carbonyl (C=O) groups is 1. The van der Waals surface area contributed by atoms with Crippen LogP contribution in [0.1, 0.15) is 18.9 Å². The standard InChI is InChI=1S/C14H18N2O3/c1-10(17)6-7-15(2)9-11-4-5-12-13(8-11)19-14(18)16(12)3/h4-5,8H,6-7,9H2,1-3H3. The van der Waals surface area contributed by atoms with Crippen LogP contribution in [0.5, 0.6) is 0 Å². The van der Waals surface area contributed by atoms with E-state index in [4.69, 9.17) is 4.42 Å². The number of Topliss-reactive ketones (excluding diaryl/α,β-unsaturated/α-hetero) is 1. The molecule has 19 heavy (non-hydrogen) atoms. The van der Waals surface area contributed by atoms with Crippen LogP contribution in [0.4, 0.5) is 0 Å². The van der Waals surface area contributed by atoms with E-state index in [1.54, 1.807) is 14.0 Å². The fourth-order valence-corrected chi connectivity index (χ4v) is 2.02. The number of nitrogens with zero attached hydrogens (tertiary/aromatic N) is 2. The van der Waals surface area contributed by atoms with Gasteiger partial charge in [0.05, 0.1) is 5.52 Å². The largest absolute Gasteiger partial charge is 0.419 e. The molecule has 0 unspecified atom stereocenters. The van der Waals surface area contributed by atoms with E-state index in [1.165, 1.54) is 4.57 Å². The summed E-state index contributed by atoms with van der Waals surface area (Å²) in [4.78, 5) is 24.4. The van der Waals surface area contributed by atoms with Gasteiger partial charge in [0.15, 0.2) is 5.58 Å². The molecule has 0 spiro atoms. The number of oxazole rings is 1. The van der Waals surface area contributed by atoms with Gasteiger partial charge in [-0.2, -0.15) is 0 Å². The minimum atomic E-state index is -0.350. The van der Waals surface area contributed by atoms with Gasteiger partial charge in [0.25, 0.3) is 0 Å². The summed E-state index contributed by atoms with van der Waals surface area (Å²) >= 11 is 0. The molecule has 1 aromatic carbocycles. The summed E-state index contributed by atoms with van der Waals surface area (Å²) in [7, 11) is 3.65. The summed E-state index contributed by atoms with van der Waals surface area (Å²) in [6, 6.07) is 5.73. The first kappa shape index (κ1) is 13.5. The Morgan fingerprint density at radius 3 is 2.84 bits per heavy atom. The van der Waals surface area contributed by atoms with Crippen LogP contribution >= 0.6 is 0 Å². The average molecular weight is 262 g/mol. The van der Waals surface area contributed by atoms with E-state index in [0.29, 0.717) is 12.0 Å². The van der Waals surface area contributed by atoms with Crippen LogP contribution in [-0.4, -0.2) is 28.8 Å². The van der Waals surface area contributed by atoms with Crippen LogP contribution in [0.25, 0.3) is 11.1 Å². The number of ketones is 1. The van der Waals surface area contributed by atoms with Crippen molar-refractivity contribution in [2.24, 2.45) is 7.05 Å². The fraction of sp³-hybridized carbons (Fsp3) is 0.429. The van der Waals surface area contributed by atoms with Crippen molar-refractivity contribution >= 4 is 16.9 Å². The van der Waals surface area contributed by atoms with E-state index in [0.717, 1.165) is 24.2 Å². The summed E-state index contributed by atoms with van der Waals surface area (Å²) in [6.45, 7) is 3.05. The lowest BCUT2D eigenvalue weighted by Crippen LogP contribution is -2.20. The van der Waals surface area contributed by atoms with Crippen molar-refractivity contribution in [2.45, 2.75) is 19.9 Å². The van der Waals surface area contributed by atoms with Crippen molar-refractivity contribution in [3.05, 3.63) is 34.3 Å². The number of carbonyl (C=O) groups excluding carboxylic acids is 1. The second-order valence-corrected chi connectivity index (χ2v) is 4.92. The topological polar surface area (TPSA) is 55.5 Å². The first-order chi connectivity index (χ1) is 8.97. The van der Waals surface area contributed by atoms with E-state index in [2.05, 4.69) is 4.90 Å². The molecule has 102 valence electrons. The van der Waals surface area contributed by atoms with Crippen molar-refractivity contribution in [3.63, 3.8) is 0 Å². The number of hydrogen-bond donors (Lipinski definition) is 0. The van der Waals surface area contributed by atoms with E-state index < -0.39 is 0 Å². The monoisotopic (exact) mass is 262 g/mol. The molecule has 0 aliphatic heterocycles. The highest BCUT2D eigenvalue weighted by molar-refractivity contribution is 5.75. The maximum absolute atomic E-state index is 11.4. The summed E-state index contributed by atoms with van der Waals surface area (Å²) in [5.74, 6) is -0.159. The second kappa shape index (κ2) is 5.40. The predicted octanol–water partition coefficient (Wildman–Crippen LogP) is 1.54. The van der Waals surface area contributed by atoms with Gasteiger partial charge in [-0.15, -0.1) is 0 Å². The highest BCUT2D eigenvalue weighted by atomic mass is 16.4. The number of hydrogen-bond acceptors (Lipinski definition) is 4. The van der Waals surface area contributed by atoms with Crippen LogP contribution < -0.4 is 5.76 Å². The molecule has 0 aliphatic carbocycles. The number of benzene rings is 1. The van der Waals surface area contributed by atoms with Gasteiger partial charge in [-0.1, -0.05) is 6.07 Å². The molecule has 0 amide bonds. The summed E-state index contributed by atoms with van der Waals surface area (Å²) < 4.78 is 6.64. The number of aromatic nitrogens is 1. The van der Waals surface area contributed by atoms with E-state index >= 15 is 0 Å². The molecule has 0 saturated heterocycles. The van der Waals surface area contributed by atoms with E-state index in [9.17, 15) is 9.59 Å². The molecule has 5 heteroatoms. The minimum Gasteiger partial charge on any atom is -0.408 e. The highest BCUT2D eigenvalue weighted by Crippen LogP contribution is 2.15. The summed E-state index contributed by atoms with van der Waals surface area (Å²) in [5.41, 5.74) is 2.46. The lowest BCUT2D eigenvalue weighted by molar-refractivity contribution is -0.117. The van der Waals surface area contributed by atoms with Crippen LogP contribution in [0.3, 0.4) is 0 Å². The molecule has 0 N–H and O–H groups in total. The molecule has 1 aromatic heterocycles. The van der Waals surface area contributed by atoms with Gasteiger partial charge >= 0.3 is 5.76 Å². The van der Waals surface area contributed by atoms with Crippen molar-refractivity contribution in [1.82, 2.24) is 9.47 Å². The highest BCUT2D eigenvalue weighted by Gasteiger charge is 2.08. The zero-order valence-corrected chi connectivity index (χ0v) is 11.5. The van der Waals surface area contributed by atoms with Gasteiger partial charge < -0.3 is 9.32 Å². The Morgan fingerprint density at radius 2 is 2.16 bits per heavy atom. The molecule has 1 heterocycles. The smallest absolute Gasteiger partial charge is 0.408 e. The number of fused-ring (bicyclic) bond motifs is 1.